The Bertz CT molecular complexity index is 627. The fraction of sp³-hybridized carbons (Fsp3) is 0.467. The minimum absolute atomic E-state index is 0.0357. The van der Waals surface area contributed by atoms with Gasteiger partial charge in [0.2, 0.25) is 0 Å². The number of carbonyl (C=O) groups is 1. The Labute approximate surface area is 137 Å². The van der Waals surface area contributed by atoms with Crippen LogP contribution in [0.15, 0.2) is 23.0 Å². The van der Waals surface area contributed by atoms with Crippen LogP contribution in [-0.2, 0) is 11.3 Å². The van der Waals surface area contributed by atoms with E-state index in [1.807, 2.05) is 30.3 Å². The Kier molecular flexibility index (Phi) is 4.75. The number of nitrogens with one attached hydrogen (secondary N) is 1. The summed E-state index contributed by atoms with van der Waals surface area (Å²) in [4.78, 5) is 19.5. The first kappa shape index (κ1) is 15.5. The van der Waals surface area contributed by atoms with E-state index in [-0.39, 0.29) is 18.2 Å². The second kappa shape index (κ2) is 6.76. The van der Waals surface area contributed by atoms with E-state index in [1.54, 1.807) is 22.7 Å². The largest absolute Gasteiger partial charge is 0.367 e. The predicted molar refractivity (Wildman–Crippen MR) is 88.3 cm³/mol. The minimum Gasteiger partial charge on any atom is -0.367 e. The summed E-state index contributed by atoms with van der Waals surface area (Å²) in [6.45, 7) is 5.71. The van der Waals surface area contributed by atoms with Crippen molar-refractivity contribution in [2.75, 3.05) is 13.1 Å². The summed E-state index contributed by atoms with van der Waals surface area (Å²) in [5.74, 6) is 0. The maximum absolute atomic E-state index is 12.4. The summed E-state index contributed by atoms with van der Waals surface area (Å²) in [5.41, 5.74) is 1.15. The quantitative estimate of drug-likeness (QED) is 0.936. The van der Waals surface area contributed by atoms with Crippen LogP contribution in [0, 0.1) is 6.92 Å². The Morgan fingerprint density at radius 2 is 2.41 bits per heavy atom. The van der Waals surface area contributed by atoms with E-state index in [1.165, 1.54) is 0 Å². The first-order valence-electron chi connectivity index (χ1n) is 7.23. The van der Waals surface area contributed by atoms with Gasteiger partial charge in [0.15, 0.2) is 0 Å². The molecule has 118 valence electrons. The average Bonchev–Trinajstić information content (AvgIpc) is 3.15. The van der Waals surface area contributed by atoms with Gasteiger partial charge in [-0.25, -0.2) is 9.78 Å². The lowest BCUT2D eigenvalue weighted by molar-refractivity contribution is -0.0655. The molecule has 22 heavy (non-hydrogen) atoms. The molecule has 0 saturated carbocycles. The van der Waals surface area contributed by atoms with Gasteiger partial charge in [-0.15, -0.1) is 11.3 Å². The van der Waals surface area contributed by atoms with E-state index in [2.05, 4.69) is 21.7 Å². The SMILES string of the molecule is Cc1ncc(CNC(=O)N2C[C@@H](C)O[C@H](c3ccsc3)C2)s1. The Hall–Kier alpha value is -1.44. The number of hydrogen-bond donors (Lipinski definition) is 1. The second-order valence-corrected chi connectivity index (χ2v) is 7.50. The maximum Gasteiger partial charge on any atom is 0.317 e. The number of ether oxygens (including phenoxy) is 1. The van der Waals surface area contributed by atoms with Crippen molar-refractivity contribution in [3.63, 3.8) is 0 Å². The Morgan fingerprint density at radius 3 is 3.09 bits per heavy atom. The molecule has 2 amide bonds. The van der Waals surface area contributed by atoms with Crippen molar-refractivity contribution in [2.45, 2.75) is 32.6 Å². The molecule has 0 unspecified atom stereocenters. The average molecular weight is 337 g/mol. The van der Waals surface area contributed by atoms with E-state index in [0.717, 1.165) is 15.4 Å². The van der Waals surface area contributed by atoms with E-state index in [4.69, 9.17) is 4.74 Å². The number of aromatic nitrogens is 1. The highest BCUT2D eigenvalue weighted by Gasteiger charge is 2.29. The molecule has 1 N–H and O–H groups in total. The van der Waals surface area contributed by atoms with Crippen LogP contribution in [0.5, 0.6) is 0 Å². The molecule has 0 aliphatic carbocycles. The Balaban J connectivity index is 1.59. The van der Waals surface area contributed by atoms with Gasteiger partial charge in [-0.1, -0.05) is 0 Å². The summed E-state index contributed by atoms with van der Waals surface area (Å²) in [5, 5.41) is 8.11. The summed E-state index contributed by atoms with van der Waals surface area (Å²) in [6, 6.07) is 2.02. The molecule has 2 aromatic rings. The van der Waals surface area contributed by atoms with Crippen LogP contribution >= 0.6 is 22.7 Å². The molecule has 3 heterocycles. The highest BCUT2D eigenvalue weighted by atomic mass is 32.1. The zero-order valence-electron chi connectivity index (χ0n) is 12.6. The molecule has 1 aliphatic heterocycles. The molecule has 0 spiro atoms. The minimum atomic E-state index is -0.0403. The van der Waals surface area contributed by atoms with Gasteiger partial charge in [0.05, 0.1) is 24.2 Å². The number of thiophene rings is 1. The van der Waals surface area contributed by atoms with Crippen LogP contribution in [0.25, 0.3) is 0 Å². The third kappa shape index (κ3) is 3.66. The topological polar surface area (TPSA) is 54.5 Å². The van der Waals surface area contributed by atoms with E-state index >= 15 is 0 Å². The predicted octanol–water partition coefficient (Wildman–Crippen LogP) is 3.18. The van der Waals surface area contributed by atoms with Crippen LogP contribution in [0.2, 0.25) is 0 Å². The zero-order chi connectivity index (χ0) is 15.5. The smallest absolute Gasteiger partial charge is 0.317 e. The molecule has 2 aromatic heterocycles. The third-order valence-corrected chi connectivity index (χ3v) is 5.16. The number of aryl methyl sites for hydroxylation is 1. The third-order valence-electron chi connectivity index (χ3n) is 3.55. The first-order chi connectivity index (χ1) is 10.6. The van der Waals surface area contributed by atoms with Crippen molar-refractivity contribution in [2.24, 2.45) is 0 Å². The molecule has 5 nitrogen and oxygen atoms in total. The molecule has 7 heteroatoms. The standard InChI is InChI=1S/C15H19N3O2S2/c1-10-7-18(8-14(20-10)12-3-4-21-9-12)15(19)17-6-13-5-16-11(2)22-13/h3-5,9-10,14H,6-8H2,1-2H3,(H,17,19)/t10-,14+/m1/s1. The number of hydrogen-bond acceptors (Lipinski definition) is 5. The lowest BCUT2D eigenvalue weighted by Gasteiger charge is -2.36. The number of carbonyl (C=O) groups excluding carboxylic acids is 1. The maximum atomic E-state index is 12.4. The van der Waals surface area contributed by atoms with E-state index in [9.17, 15) is 4.79 Å². The molecule has 1 aliphatic rings. The van der Waals surface area contributed by atoms with Crippen LogP contribution in [0.4, 0.5) is 4.79 Å². The second-order valence-electron chi connectivity index (χ2n) is 5.40. The molecule has 0 bridgehead atoms. The molecular weight excluding hydrogens is 318 g/mol. The van der Waals surface area contributed by atoms with Gasteiger partial charge >= 0.3 is 6.03 Å². The highest BCUT2D eigenvalue weighted by Crippen LogP contribution is 2.26. The highest BCUT2D eigenvalue weighted by molar-refractivity contribution is 7.11. The van der Waals surface area contributed by atoms with Gasteiger partial charge in [0.25, 0.3) is 0 Å². The van der Waals surface area contributed by atoms with Crippen molar-refractivity contribution < 1.29 is 9.53 Å². The molecule has 1 saturated heterocycles. The van der Waals surface area contributed by atoms with Gasteiger partial charge < -0.3 is 15.0 Å². The van der Waals surface area contributed by atoms with Gasteiger partial charge in [-0.2, -0.15) is 11.3 Å². The van der Waals surface area contributed by atoms with Gasteiger partial charge in [-0.05, 0) is 36.2 Å². The molecule has 1 fully saturated rings. The number of morpholine rings is 1. The Morgan fingerprint density at radius 1 is 1.55 bits per heavy atom. The fourth-order valence-corrected chi connectivity index (χ4v) is 3.96. The van der Waals surface area contributed by atoms with Crippen molar-refractivity contribution in [3.8, 4) is 0 Å². The molecule has 3 rings (SSSR count). The van der Waals surface area contributed by atoms with Crippen LogP contribution in [0.1, 0.15) is 28.5 Å². The van der Waals surface area contributed by atoms with Crippen molar-refractivity contribution in [3.05, 3.63) is 38.5 Å². The van der Waals surface area contributed by atoms with Gasteiger partial charge in [0.1, 0.15) is 6.10 Å². The number of nitrogens with zero attached hydrogens (tertiary/aromatic N) is 2. The number of urea groups is 1. The van der Waals surface area contributed by atoms with Crippen LogP contribution in [-0.4, -0.2) is 35.1 Å². The number of thiazole rings is 1. The van der Waals surface area contributed by atoms with Crippen LogP contribution < -0.4 is 5.32 Å². The normalized spacial score (nSPS) is 21.8. The molecule has 0 radical (unpaired) electrons. The lowest BCUT2D eigenvalue weighted by Crippen LogP contribution is -2.49. The van der Waals surface area contributed by atoms with E-state index < -0.39 is 0 Å². The molecule has 2 atom stereocenters. The molecular formula is C15H19N3O2S2. The molecule has 0 aromatic carbocycles. The van der Waals surface area contributed by atoms with Crippen molar-refractivity contribution >= 4 is 28.7 Å². The summed E-state index contributed by atoms with van der Waals surface area (Å²) in [7, 11) is 0. The summed E-state index contributed by atoms with van der Waals surface area (Å²) >= 11 is 3.26. The first-order valence-corrected chi connectivity index (χ1v) is 8.99. The van der Waals surface area contributed by atoms with E-state index in [0.29, 0.717) is 19.6 Å². The fourth-order valence-electron chi connectivity index (χ4n) is 2.52. The lowest BCUT2D eigenvalue weighted by atomic mass is 10.1. The van der Waals surface area contributed by atoms with Crippen LogP contribution in [0.3, 0.4) is 0 Å². The van der Waals surface area contributed by atoms with Crippen molar-refractivity contribution in [1.29, 1.82) is 0 Å². The number of amides is 2. The zero-order valence-corrected chi connectivity index (χ0v) is 14.2. The monoisotopic (exact) mass is 337 g/mol. The van der Waals surface area contributed by atoms with Crippen molar-refractivity contribution in [1.82, 2.24) is 15.2 Å². The summed E-state index contributed by atoms with van der Waals surface area (Å²) in [6.07, 6.45) is 1.82. The van der Waals surface area contributed by atoms with Gasteiger partial charge in [-0.3, -0.25) is 0 Å². The summed E-state index contributed by atoms with van der Waals surface area (Å²) < 4.78 is 5.95. The number of rotatable bonds is 3. The van der Waals surface area contributed by atoms with Gasteiger partial charge in [0, 0.05) is 17.6 Å².